The molecule has 2 heterocycles. The number of pyridine rings is 1. The molecule has 0 aromatic carbocycles. The third-order valence-electron chi connectivity index (χ3n) is 2.76. The van der Waals surface area contributed by atoms with Crippen molar-refractivity contribution in [2.75, 3.05) is 13.2 Å². The summed E-state index contributed by atoms with van der Waals surface area (Å²) in [6.45, 7) is 0.634. The van der Waals surface area contributed by atoms with Crippen molar-refractivity contribution in [1.82, 2.24) is 4.98 Å². The molecule has 5 heteroatoms. The number of hydrogen-bond donors (Lipinski definition) is 2. The van der Waals surface area contributed by atoms with Crippen LogP contribution in [-0.2, 0) is 14.9 Å². The average molecular weight is 208 g/mol. The number of hydrogen-bond acceptors (Lipinski definition) is 4. The van der Waals surface area contributed by atoms with Crippen LogP contribution in [0.2, 0.25) is 0 Å². The third kappa shape index (κ3) is 1.49. The van der Waals surface area contributed by atoms with Gasteiger partial charge in [-0.05, 0) is 12.1 Å². The molecule has 0 radical (unpaired) electrons. The second-order valence-electron chi connectivity index (χ2n) is 3.68. The summed E-state index contributed by atoms with van der Waals surface area (Å²) >= 11 is 0. The quantitative estimate of drug-likeness (QED) is 0.716. The molecular formula is C10H12N2O3. The van der Waals surface area contributed by atoms with Crippen LogP contribution in [0, 0.1) is 0 Å². The van der Waals surface area contributed by atoms with Crippen LogP contribution in [-0.4, -0.2) is 35.3 Å². The Morgan fingerprint density at radius 3 is 2.73 bits per heavy atom. The average Bonchev–Trinajstić information content (AvgIpc) is 2.17. The van der Waals surface area contributed by atoms with E-state index in [1.165, 1.54) is 0 Å². The van der Waals surface area contributed by atoms with Gasteiger partial charge in [-0.3, -0.25) is 9.78 Å². The summed E-state index contributed by atoms with van der Waals surface area (Å²) in [7, 11) is 0. The zero-order valence-corrected chi connectivity index (χ0v) is 8.09. The summed E-state index contributed by atoms with van der Waals surface area (Å²) in [6, 6.07) is 4.41. The van der Waals surface area contributed by atoms with E-state index < -0.39 is 17.4 Å². The monoisotopic (exact) mass is 208 g/mol. The minimum Gasteiger partial charge on any atom is -0.480 e. The Bertz CT molecular complexity index is 362. The zero-order valence-electron chi connectivity index (χ0n) is 8.09. The molecule has 1 aliphatic rings. The molecule has 3 N–H and O–H groups in total. The number of aliphatic carboxylic acids is 1. The van der Waals surface area contributed by atoms with Gasteiger partial charge in [0.25, 0.3) is 0 Å². The van der Waals surface area contributed by atoms with Crippen LogP contribution in [0.5, 0.6) is 0 Å². The van der Waals surface area contributed by atoms with Crippen LogP contribution in [0.15, 0.2) is 24.4 Å². The summed E-state index contributed by atoms with van der Waals surface area (Å²) in [4.78, 5) is 15.1. The fourth-order valence-electron chi connectivity index (χ4n) is 1.70. The summed E-state index contributed by atoms with van der Waals surface area (Å²) < 4.78 is 5.08. The van der Waals surface area contributed by atoms with E-state index >= 15 is 0 Å². The second kappa shape index (κ2) is 3.60. The highest BCUT2D eigenvalue weighted by molar-refractivity contribution is 5.76. The van der Waals surface area contributed by atoms with Crippen LogP contribution in [0.4, 0.5) is 0 Å². The first-order valence-corrected chi connectivity index (χ1v) is 4.64. The van der Waals surface area contributed by atoms with Gasteiger partial charge in [0.2, 0.25) is 0 Å². The fourth-order valence-corrected chi connectivity index (χ4v) is 1.70. The Morgan fingerprint density at radius 2 is 2.33 bits per heavy atom. The van der Waals surface area contributed by atoms with Gasteiger partial charge >= 0.3 is 5.97 Å². The Balaban J connectivity index is 2.34. The van der Waals surface area contributed by atoms with Crippen LogP contribution in [0.3, 0.4) is 0 Å². The number of aromatic nitrogens is 1. The maximum atomic E-state index is 10.9. The number of nitrogens with two attached hydrogens (primary N) is 1. The highest BCUT2D eigenvalue weighted by Crippen LogP contribution is 2.33. The first-order chi connectivity index (χ1) is 7.17. The van der Waals surface area contributed by atoms with Crippen LogP contribution >= 0.6 is 0 Å². The van der Waals surface area contributed by atoms with Gasteiger partial charge in [0.15, 0.2) is 0 Å². The number of nitrogens with zero attached hydrogens (tertiary/aromatic N) is 1. The molecule has 2 rings (SSSR count). The van der Waals surface area contributed by atoms with Crippen LogP contribution in [0.1, 0.15) is 5.69 Å². The molecule has 1 atom stereocenters. The van der Waals surface area contributed by atoms with Crippen molar-refractivity contribution in [2.45, 2.75) is 11.5 Å². The third-order valence-corrected chi connectivity index (χ3v) is 2.76. The first-order valence-electron chi connectivity index (χ1n) is 4.64. The molecule has 80 valence electrons. The van der Waals surface area contributed by atoms with Crippen molar-refractivity contribution >= 4 is 5.97 Å². The summed E-state index contributed by atoms with van der Waals surface area (Å²) in [5, 5.41) is 8.94. The van der Waals surface area contributed by atoms with Gasteiger partial charge in [-0.25, -0.2) is 0 Å². The Hall–Kier alpha value is -1.46. The molecule has 15 heavy (non-hydrogen) atoms. The largest absolute Gasteiger partial charge is 0.480 e. The van der Waals surface area contributed by atoms with Crippen LogP contribution in [0.25, 0.3) is 0 Å². The molecule has 1 aromatic rings. The number of rotatable bonds is 3. The second-order valence-corrected chi connectivity index (χ2v) is 3.68. The molecule has 0 bridgehead atoms. The Kier molecular flexibility index (Phi) is 2.42. The Labute approximate surface area is 86.9 Å². The molecule has 1 aliphatic heterocycles. The minimum atomic E-state index is -1.02. The lowest BCUT2D eigenvalue weighted by molar-refractivity contribution is -0.149. The number of carboxylic acids is 1. The molecule has 5 nitrogen and oxygen atoms in total. The van der Waals surface area contributed by atoms with Gasteiger partial charge in [0, 0.05) is 6.20 Å². The van der Waals surface area contributed by atoms with Crippen molar-refractivity contribution in [3.63, 3.8) is 0 Å². The van der Waals surface area contributed by atoms with Crippen molar-refractivity contribution in [2.24, 2.45) is 5.73 Å². The number of ether oxygens (including phenoxy) is 1. The standard InChI is InChI=1S/C10H12N2O3/c11-8(9(13)14)10(5-15-6-10)7-3-1-2-4-12-7/h1-4,8H,5-6,11H2,(H,13,14). The van der Waals surface area contributed by atoms with E-state index in [-0.39, 0.29) is 0 Å². The van der Waals surface area contributed by atoms with E-state index in [1.807, 2.05) is 6.07 Å². The van der Waals surface area contributed by atoms with Crippen molar-refractivity contribution in [3.8, 4) is 0 Å². The van der Waals surface area contributed by atoms with Gasteiger partial charge < -0.3 is 15.6 Å². The van der Waals surface area contributed by atoms with E-state index in [0.29, 0.717) is 18.9 Å². The van der Waals surface area contributed by atoms with E-state index in [9.17, 15) is 4.79 Å². The predicted octanol–water partition coefficient (Wildman–Crippen LogP) is -0.239. The molecule has 1 saturated heterocycles. The lowest BCUT2D eigenvalue weighted by atomic mass is 9.75. The van der Waals surface area contributed by atoms with E-state index in [0.717, 1.165) is 0 Å². The number of carboxylic acid groups (broad SMARTS) is 1. The SMILES string of the molecule is NC(C(=O)O)C1(c2ccccn2)COC1. The first kappa shape index (κ1) is 10.1. The fraction of sp³-hybridized carbons (Fsp3) is 0.400. The van der Waals surface area contributed by atoms with Crippen molar-refractivity contribution < 1.29 is 14.6 Å². The molecule has 1 fully saturated rings. The van der Waals surface area contributed by atoms with E-state index in [4.69, 9.17) is 15.6 Å². The lowest BCUT2D eigenvalue weighted by Gasteiger charge is -2.43. The van der Waals surface area contributed by atoms with Gasteiger partial charge in [-0.1, -0.05) is 6.07 Å². The molecule has 1 unspecified atom stereocenters. The molecule has 0 aliphatic carbocycles. The maximum absolute atomic E-state index is 10.9. The maximum Gasteiger partial charge on any atom is 0.321 e. The van der Waals surface area contributed by atoms with Gasteiger partial charge in [0.1, 0.15) is 6.04 Å². The number of carbonyl (C=O) groups is 1. The summed E-state index contributed by atoms with van der Waals surface area (Å²) in [6.07, 6.45) is 1.63. The van der Waals surface area contributed by atoms with Gasteiger partial charge in [-0.2, -0.15) is 0 Å². The molecule has 0 spiro atoms. The molecule has 0 saturated carbocycles. The topological polar surface area (TPSA) is 85.4 Å². The normalized spacial score (nSPS) is 20.3. The van der Waals surface area contributed by atoms with Gasteiger partial charge in [-0.15, -0.1) is 0 Å². The molecule has 1 aromatic heterocycles. The molecule has 0 amide bonds. The smallest absolute Gasteiger partial charge is 0.321 e. The highest BCUT2D eigenvalue weighted by atomic mass is 16.5. The lowest BCUT2D eigenvalue weighted by Crippen LogP contribution is -2.62. The van der Waals surface area contributed by atoms with E-state index in [2.05, 4.69) is 4.98 Å². The van der Waals surface area contributed by atoms with Crippen LogP contribution < -0.4 is 5.73 Å². The molecular weight excluding hydrogens is 196 g/mol. The highest BCUT2D eigenvalue weighted by Gasteiger charge is 2.50. The Morgan fingerprint density at radius 1 is 1.60 bits per heavy atom. The minimum absolute atomic E-state index is 0.317. The van der Waals surface area contributed by atoms with Crippen molar-refractivity contribution in [1.29, 1.82) is 0 Å². The summed E-state index contributed by atoms with van der Waals surface area (Å²) in [5.74, 6) is -1.02. The zero-order chi connectivity index (χ0) is 10.9. The van der Waals surface area contributed by atoms with E-state index in [1.54, 1.807) is 18.3 Å². The van der Waals surface area contributed by atoms with Crippen molar-refractivity contribution in [3.05, 3.63) is 30.1 Å². The predicted molar refractivity (Wildman–Crippen MR) is 52.3 cm³/mol. The van der Waals surface area contributed by atoms with Gasteiger partial charge in [0.05, 0.1) is 24.3 Å². The summed E-state index contributed by atoms with van der Waals surface area (Å²) in [5.41, 5.74) is 5.70.